The van der Waals surface area contributed by atoms with E-state index in [1.165, 1.54) is 36.1 Å². The standard InChI is InChI=1S/C16H20N4/c1-2-18-15-10-17-11-16(20-15)19-14-9-5-7-12-6-3-4-8-13(12)14/h5,7,9-11H,2-4,6,8H2,1H3,(H2,18,19,20). The molecule has 104 valence electrons. The quantitative estimate of drug-likeness (QED) is 0.890. The molecule has 0 unspecified atom stereocenters. The number of hydrogen-bond acceptors (Lipinski definition) is 4. The Morgan fingerprint density at radius 3 is 2.85 bits per heavy atom. The molecule has 2 aromatic rings. The summed E-state index contributed by atoms with van der Waals surface area (Å²) in [5, 5.41) is 6.60. The molecule has 4 nitrogen and oxygen atoms in total. The van der Waals surface area contributed by atoms with Crippen LogP contribution in [0.1, 0.15) is 30.9 Å². The lowest BCUT2D eigenvalue weighted by atomic mass is 9.90. The highest BCUT2D eigenvalue weighted by molar-refractivity contribution is 5.63. The number of aromatic nitrogens is 2. The summed E-state index contributed by atoms with van der Waals surface area (Å²) in [5.41, 5.74) is 4.08. The van der Waals surface area contributed by atoms with Gasteiger partial charge in [0.25, 0.3) is 0 Å². The van der Waals surface area contributed by atoms with Gasteiger partial charge in [0.05, 0.1) is 12.4 Å². The summed E-state index contributed by atoms with van der Waals surface area (Å²) in [5.74, 6) is 1.60. The predicted octanol–water partition coefficient (Wildman–Crippen LogP) is 3.53. The van der Waals surface area contributed by atoms with Crippen LogP contribution in [0.5, 0.6) is 0 Å². The van der Waals surface area contributed by atoms with Crippen molar-refractivity contribution in [1.29, 1.82) is 0 Å². The van der Waals surface area contributed by atoms with Crippen molar-refractivity contribution in [1.82, 2.24) is 9.97 Å². The van der Waals surface area contributed by atoms with Gasteiger partial charge in [-0.2, -0.15) is 0 Å². The SMILES string of the molecule is CCNc1cncc(Nc2cccc3c2CCCC3)n1. The molecule has 3 rings (SSSR count). The molecule has 0 saturated carbocycles. The Morgan fingerprint density at radius 2 is 1.95 bits per heavy atom. The molecule has 0 aliphatic heterocycles. The normalized spacial score (nSPS) is 13.7. The van der Waals surface area contributed by atoms with E-state index in [1.807, 2.05) is 0 Å². The molecule has 1 aliphatic carbocycles. The van der Waals surface area contributed by atoms with Crippen molar-refractivity contribution in [3.8, 4) is 0 Å². The second-order valence-corrected chi connectivity index (χ2v) is 5.10. The van der Waals surface area contributed by atoms with Crippen molar-refractivity contribution in [2.75, 3.05) is 17.2 Å². The van der Waals surface area contributed by atoms with E-state index in [9.17, 15) is 0 Å². The molecule has 0 saturated heterocycles. The number of nitrogens with zero attached hydrogens (tertiary/aromatic N) is 2. The molecule has 0 bridgehead atoms. The van der Waals surface area contributed by atoms with Gasteiger partial charge in [-0.05, 0) is 49.8 Å². The van der Waals surface area contributed by atoms with Crippen LogP contribution in [0, 0.1) is 0 Å². The minimum Gasteiger partial charge on any atom is -0.369 e. The maximum absolute atomic E-state index is 4.52. The smallest absolute Gasteiger partial charge is 0.151 e. The van der Waals surface area contributed by atoms with Crippen molar-refractivity contribution in [2.45, 2.75) is 32.6 Å². The Bertz CT molecular complexity index is 595. The summed E-state index contributed by atoms with van der Waals surface area (Å²) < 4.78 is 0. The van der Waals surface area contributed by atoms with Crippen LogP contribution in [0.3, 0.4) is 0 Å². The van der Waals surface area contributed by atoms with Gasteiger partial charge in [0.1, 0.15) is 5.82 Å². The van der Waals surface area contributed by atoms with E-state index in [-0.39, 0.29) is 0 Å². The Morgan fingerprint density at radius 1 is 1.10 bits per heavy atom. The molecule has 20 heavy (non-hydrogen) atoms. The predicted molar refractivity (Wildman–Crippen MR) is 82.6 cm³/mol. The van der Waals surface area contributed by atoms with Gasteiger partial charge in [-0.15, -0.1) is 0 Å². The minimum atomic E-state index is 0.794. The number of nitrogens with one attached hydrogen (secondary N) is 2. The molecule has 2 N–H and O–H groups in total. The fourth-order valence-corrected chi connectivity index (χ4v) is 2.73. The zero-order valence-electron chi connectivity index (χ0n) is 11.8. The van der Waals surface area contributed by atoms with Crippen molar-refractivity contribution < 1.29 is 0 Å². The molecule has 1 aromatic heterocycles. The van der Waals surface area contributed by atoms with Gasteiger partial charge in [-0.3, -0.25) is 4.98 Å². The van der Waals surface area contributed by atoms with Gasteiger partial charge in [-0.25, -0.2) is 4.98 Å². The first-order valence-corrected chi connectivity index (χ1v) is 7.30. The van der Waals surface area contributed by atoms with Crippen LogP contribution in [-0.2, 0) is 12.8 Å². The third kappa shape index (κ3) is 2.74. The van der Waals surface area contributed by atoms with Gasteiger partial charge >= 0.3 is 0 Å². The van der Waals surface area contributed by atoms with Crippen LogP contribution in [0.25, 0.3) is 0 Å². The molecule has 0 fully saturated rings. The Hall–Kier alpha value is -2.10. The van der Waals surface area contributed by atoms with E-state index in [4.69, 9.17) is 0 Å². The van der Waals surface area contributed by atoms with Crippen LogP contribution in [0.4, 0.5) is 17.3 Å². The highest BCUT2D eigenvalue weighted by Gasteiger charge is 2.13. The largest absolute Gasteiger partial charge is 0.369 e. The second kappa shape index (κ2) is 5.90. The van der Waals surface area contributed by atoms with Crippen LogP contribution >= 0.6 is 0 Å². The van der Waals surface area contributed by atoms with Gasteiger partial charge in [0, 0.05) is 12.2 Å². The number of rotatable bonds is 4. The Balaban J connectivity index is 1.86. The number of benzene rings is 1. The van der Waals surface area contributed by atoms with E-state index < -0.39 is 0 Å². The Labute approximate surface area is 119 Å². The maximum Gasteiger partial charge on any atom is 0.151 e. The number of aryl methyl sites for hydroxylation is 1. The third-order valence-corrected chi connectivity index (χ3v) is 3.65. The van der Waals surface area contributed by atoms with Crippen molar-refractivity contribution >= 4 is 17.3 Å². The fraction of sp³-hybridized carbons (Fsp3) is 0.375. The summed E-state index contributed by atoms with van der Waals surface area (Å²) in [4.78, 5) is 8.75. The van der Waals surface area contributed by atoms with E-state index in [2.05, 4.69) is 45.7 Å². The average molecular weight is 268 g/mol. The minimum absolute atomic E-state index is 0.794. The molecule has 0 amide bonds. The molecule has 1 heterocycles. The first-order valence-electron chi connectivity index (χ1n) is 7.30. The van der Waals surface area contributed by atoms with Crippen LogP contribution in [0.2, 0.25) is 0 Å². The molecule has 0 atom stereocenters. The summed E-state index contributed by atoms with van der Waals surface area (Å²) in [6.07, 6.45) is 8.42. The lowest BCUT2D eigenvalue weighted by molar-refractivity contribution is 0.687. The maximum atomic E-state index is 4.52. The molecule has 0 radical (unpaired) electrons. The summed E-state index contributed by atoms with van der Waals surface area (Å²) >= 11 is 0. The van der Waals surface area contributed by atoms with Crippen LogP contribution in [0.15, 0.2) is 30.6 Å². The summed E-state index contributed by atoms with van der Waals surface area (Å²) in [6, 6.07) is 6.49. The van der Waals surface area contributed by atoms with Crippen LogP contribution < -0.4 is 10.6 Å². The van der Waals surface area contributed by atoms with Gasteiger partial charge in [-0.1, -0.05) is 12.1 Å². The van der Waals surface area contributed by atoms with Gasteiger partial charge in [0.2, 0.25) is 0 Å². The van der Waals surface area contributed by atoms with Crippen molar-refractivity contribution in [2.24, 2.45) is 0 Å². The topological polar surface area (TPSA) is 49.8 Å². The highest BCUT2D eigenvalue weighted by atomic mass is 15.1. The number of anilines is 3. The molecule has 1 aromatic carbocycles. The number of hydrogen-bond donors (Lipinski definition) is 2. The van der Waals surface area contributed by atoms with E-state index in [0.717, 1.165) is 24.6 Å². The zero-order chi connectivity index (χ0) is 13.8. The first kappa shape index (κ1) is 12.9. The lowest BCUT2D eigenvalue weighted by Crippen LogP contribution is -2.07. The fourth-order valence-electron chi connectivity index (χ4n) is 2.73. The molecule has 0 spiro atoms. The summed E-state index contributed by atoms with van der Waals surface area (Å²) in [6.45, 7) is 2.90. The van der Waals surface area contributed by atoms with Gasteiger partial charge in [0.15, 0.2) is 5.82 Å². The van der Waals surface area contributed by atoms with Crippen LogP contribution in [-0.4, -0.2) is 16.5 Å². The molecule has 1 aliphatic rings. The molecular formula is C16H20N4. The van der Waals surface area contributed by atoms with E-state index in [1.54, 1.807) is 12.4 Å². The third-order valence-electron chi connectivity index (χ3n) is 3.65. The van der Waals surface area contributed by atoms with E-state index >= 15 is 0 Å². The zero-order valence-corrected chi connectivity index (χ0v) is 11.8. The van der Waals surface area contributed by atoms with E-state index in [0.29, 0.717) is 0 Å². The second-order valence-electron chi connectivity index (χ2n) is 5.10. The monoisotopic (exact) mass is 268 g/mol. The highest BCUT2D eigenvalue weighted by Crippen LogP contribution is 2.29. The molecular weight excluding hydrogens is 248 g/mol. The summed E-state index contributed by atoms with van der Waals surface area (Å²) in [7, 11) is 0. The van der Waals surface area contributed by atoms with Crippen molar-refractivity contribution in [3.05, 3.63) is 41.7 Å². The Kier molecular flexibility index (Phi) is 3.81. The van der Waals surface area contributed by atoms with Gasteiger partial charge < -0.3 is 10.6 Å². The average Bonchev–Trinajstić information content (AvgIpc) is 2.48. The molecule has 4 heteroatoms. The number of fused-ring (bicyclic) bond motifs is 1. The first-order chi connectivity index (χ1) is 9.86. The lowest BCUT2D eigenvalue weighted by Gasteiger charge is -2.19. The van der Waals surface area contributed by atoms with Crippen molar-refractivity contribution in [3.63, 3.8) is 0 Å².